The second-order valence-electron chi connectivity index (χ2n) is 5.79. The predicted molar refractivity (Wildman–Crippen MR) is 103 cm³/mol. The van der Waals surface area contributed by atoms with Gasteiger partial charge in [0.25, 0.3) is 5.56 Å². The van der Waals surface area contributed by atoms with Crippen LogP contribution in [-0.2, 0) is 22.6 Å². The lowest BCUT2D eigenvalue weighted by atomic mass is 10.2. The summed E-state index contributed by atoms with van der Waals surface area (Å²) in [4.78, 5) is 30.0. The minimum absolute atomic E-state index is 0.0138. The van der Waals surface area contributed by atoms with Gasteiger partial charge in [0.1, 0.15) is 11.6 Å². The number of rotatable bonds is 7. The molecule has 8 heteroatoms. The van der Waals surface area contributed by atoms with Crippen molar-refractivity contribution in [1.82, 2.24) is 14.6 Å². The number of fused-ring (bicyclic) bond motifs is 1. The molecular weight excluding hydrogens is 370 g/mol. The van der Waals surface area contributed by atoms with E-state index in [1.165, 1.54) is 39.2 Å². The number of hydrogen-bond acceptors (Lipinski definition) is 7. The highest BCUT2D eigenvalue weighted by atomic mass is 32.2. The number of thioether (sulfide) groups is 1. The molecule has 0 unspecified atom stereocenters. The molecule has 0 radical (unpaired) electrons. The fourth-order valence-electron chi connectivity index (χ4n) is 2.26. The first kappa shape index (κ1) is 18.6. The predicted octanol–water partition coefficient (Wildman–Crippen LogP) is 3.25. The Bertz CT molecular complexity index is 964. The maximum Gasteiger partial charge on any atom is 0.316 e. The van der Waals surface area contributed by atoms with E-state index in [1.54, 1.807) is 0 Å². The van der Waals surface area contributed by atoms with Gasteiger partial charge in [-0.2, -0.15) is 9.61 Å². The summed E-state index contributed by atoms with van der Waals surface area (Å²) in [6, 6.07) is 9.32. The molecule has 3 rings (SSSR count). The number of aromatic nitrogens is 3. The molecule has 0 spiro atoms. The van der Waals surface area contributed by atoms with Crippen LogP contribution in [0.3, 0.4) is 0 Å². The zero-order valence-corrected chi connectivity index (χ0v) is 16.2. The number of hydrogen-bond donors (Lipinski definition) is 0. The highest BCUT2D eigenvalue weighted by molar-refractivity contribution is 8.00. The SMILES string of the molecule is CCCc1nn2c(=O)cc(COC(=O)CSc3ccc(C)cc3)nc2s1. The first-order valence-corrected chi connectivity index (χ1v) is 10.1. The van der Waals surface area contributed by atoms with E-state index in [0.717, 1.165) is 22.7 Å². The Morgan fingerprint density at radius 1 is 1.31 bits per heavy atom. The van der Waals surface area contributed by atoms with E-state index >= 15 is 0 Å². The largest absolute Gasteiger partial charge is 0.459 e. The molecule has 0 aliphatic rings. The van der Waals surface area contributed by atoms with Crippen LogP contribution in [0, 0.1) is 6.92 Å². The van der Waals surface area contributed by atoms with Gasteiger partial charge in [0, 0.05) is 17.4 Å². The Labute approximate surface area is 159 Å². The quantitative estimate of drug-likeness (QED) is 0.456. The topological polar surface area (TPSA) is 73.6 Å². The summed E-state index contributed by atoms with van der Waals surface area (Å²) in [6.45, 7) is 4.06. The van der Waals surface area contributed by atoms with Crippen molar-refractivity contribution in [1.29, 1.82) is 0 Å². The zero-order valence-electron chi connectivity index (χ0n) is 14.6. The highest BCUT2D eigenvalue weighted by Gasteiger charge is 2.11. The molecule has 0 saturated carbocycles. The van der Waals surface area contributed by atoms with E-state index in [1.807, 2.05) is 31.2 Å². The molecule has 26 heavy (non-hydrogen) atoms. The minimum atomic E-state index is -0.339. The van der Waals surface area contributed by atoms with Crippen molar-refractivity contribution in [2.75, 3.05) is 5.75 Å². The molecule has 0 atom stereocenters. The van der Waals surface area contributed by atoms with Crippen LogP contribution in [0.25, 0.3) is 4.96 Å². The molecule has 0 saturated heterocycles. The first-order chi connectivity index (χ1) is 12.5. The van der Waals surface area contributed by atoms with Gasteiger partial charge in [-0.15, -0.1) is 11.8 Å². The summed E-state index contributed by atoms with van der Waals surface area (Å²) in [5.41, 5.74) is 1.36. The molecule has 0 amide bonds. The molecule has 3 aromatic rings. The summed E-state index contributed by atoms with van der Waals surface area (Å²) in [5, 5.41) is 5.13. The number of carbonyl (C=O) groups is 1. The smallest absolute Gasteiger partial charge is 0.316 e. The van der Waals surface area contributed by atoms with Crippen molar-refractivity contribution < 1.29 is 9.53 Å². The summed E-state index contributed by atoms with van der Waals surface area (Å²) in [7, 11) is 0. The molecule has 0 aliphatic carbocycles. The molecule has 2 heterocycles. The Balaban J connectivity index is 1.59. The minimum Gasteiger partial charge on any atom is -0.459 e. The van der Waals surface area contributed by atoms with Crippen LogP contribution in [0.4, 0.5) is 0 Å². The lowest BCUT2D eigenvalue weighted by Gasteiger charge is -2.05. The van der Waals surface area contributed by atoms with Crippen molar-refractivity contribution >= 4 is 34.0 Å². The lowest BCUT2D eigenvalue weighted by molar-refractivity contribution is -0.141. The average Bonchev–Trinajstić information content (AvgIpc) is 3.03. The lowest BCUT2D eigenvalue weighted by Crippen LogP contribution is -2.17. The number of aryl methyl sites for hydroxylation is 2. The Kier molecular flexibility index (Phi) is 6.05. The van der Waals surface area contributed by atoms with Crippen molar-refractivity contribution in [3.63, 3.8) is 0 Å². The van der Waals surface area contributed by atoms with Crippen LogP contribution < -0.4 is 5.56 Å². The summed E-state index contributed by atoms with van der Waals surface area (Å²) < 4.78 is 6.55. The fraction of sp³-hybridized carbons (Fsp3) is 0.333. The molecular formula is C18H19N3O3S2. The van der Waals surface area contributed by atoms with Gasteiger partial charge in [0.15, 0.2) is 0 Å². The zero-order chi connectivity index (χ0) is 18.5. The third-order valence-electron chi connectivity index (χ3n) is 3.56. The molecule has 1 aromatic carbocycles. The van der Waals surface area contributed by atoms with E-state index in [-0.39, 0.29) is 23.9 Å². The van der Waals surface area contributed by atoms with Crippen molar-refractivity contribution in [2.24, 2.45) is 0 Å². The van der Waals surface area contributed by atoms with Gasteiger partial charge < -0.3 is 4.74 Å². The number of benzene rings is 1. The van der Waals surface area contributed by atoms with Crippen LogP contribution in [0.2, 0.25) is 0 Å². The van der Waals surface area contributed by atoms with E-state index in [4.69, 9.17) is 4.74 Å². The number of esters is 1. The van der Waals surface area contributed by atoms with Gasteiger partial charge in [0.05, 0.1) is 11.4 Å². The summed E-state index contributed by atoms with van der Waals surface area (Å²) in [5.74, 6) is -0.126. The first-order valence-electron chi connectivity index (χ1n) is 8.29. The van der Waals surface area contributed by atoms with Gasteiger partial charge in [-0.05, 0) is 25.5 Å². The summed E-state index contributed by atoms with van der Waals surface area (Å²) in [6.07, 6.45) is 1.77. The van der Waals surface area contributed by atoms with Crippen molar-refractivity contribution in [2.45, 2.75) is 38.2 Å². The van der Waals surface area contributed by atoms with Gasteiger partial charge in [-0.25, -0.2) is 4.98 Å². The Morgan fingerprint density at radius 3 is 2.81 bits per heavy atom. The van der Waals surface area contributed by atoms with Gasteiger partial charge in [-0.1, -0.05) is 36.0 Å². The van der Waals surface area contributed by atoms with Gasteiger partial charge in [0.2, 0.25) is 4.96 Å². The third kappa shape index (κ3) is 4.70. The van der Waals surface area contributed by atoms with Crippen molar-refractivity contribution in [3.8, 4) is 0 Å². The average molecular weight is 390 g/mol. The van der Waals surface area contributed by atoms with Gasteiger partial charge >= 0.3 is 5.97 Å². The second kappa shape index (κ2) is 8.46. The van der Waals surface area contributed by atoms with Crippen molar-refractivity contribution in [3.05, 3.63) is 57.0 Å². The van der Waals surface area contributed by atoms with Crippen LogP contribution in [-0.4, -0.2) is 26.3 Å². The standard InChI is InChI=1S/C18H19N3O3S2/c1-3-4-15-20-21-16(22)9-13(19-18(21)26-15)10-24-17(23)11-25-14-7-5-12(2)6-8-14/h5-9H,3-4,10-11H2,1-2H3. The van der Waals surface area contributed by atoms with Crippen LogP contribution in [0.15, 0.2) is 40.0 Å². The number of nitrogens with zero attached hydrogens (tertiary/aromatic N) is 3. The maximum absolute atomic E-state index is 12.1. The monoisotopic (exact) mass is 389 g/mol. The van der Waals surface area contributed by atoms with E-state index in [0.29, 0.717) is 10.7 Å². The molecule has 6 nitrogen and oxygen atoms in total. The van der Waals surface area contributed by atoms with E-state index in [9.17, 15) is 9.59 Å². The normalized spacial score (nSPS) is 11.0. The molecule has 0 fully saturated rings. The third-order valence-corrected chi connectivity index (χ3v) is 5.52. The molecule has 2 aromatic heterocycles. The van der Waals surface area contributed by atoms with E-state index < -0.39 is 0 Å². The number of ether oxygens (including phenoxy) is 1. The Morgan fingerprint density at radius 2 is 2.08 bits per heavy atom. The molecule has 0 N–H and O–H groups in total. The fourth-order valence-corrected chi connectivity index (χ4v) is 3.97. The Hall–Kier alpha value is -2.19. The summed E-state index contributed by atoms with van der Waals surface area (Å²) >= 11 is 2.81. The van der Waals surface area contributed by atoms with Crippen LogP contribution in [0.5, 0.6) is 0 Å². The molecule has 0 aliphatic heterocycles. The molecule has 0 bridgehead atoms. The van der Waals surface area contributed by atoms with Crippen LogP contribution in [0.1, 0.15) is 29.6 Å². The number of carbonyl (C=O) groups excluding carboxylic acids is 1. The molecule has 136 valence electrons. The van der Waals surface area contributed by atoms with E-state index in [2.05, 4.69) is 17.0 Å². The second-order valence-corrected chi connectivity index (χ2v) is 7.88. The highest BCUT2D eigenvalue weighted by Crippen LogP contribution is 2.18. The maximum atomic E-state index is 12.1. The van der Waals surface area contributed by atoms with Crippen LogP contribution >= 0.6 is 23.1 Å². The van der Waals surface area contributed by atoms with Gasteiger partial charge in [-0.3, -0.25) is 9.59 Å².